The Bertz CT molecular complexity index is 489. The van der Waals surface area contributed by atoms with Crippen LogP contribution in [0.5, 0.6) is 0 Å². The summed E-state index contributed by atoms with van der Waals surface area (Å²) in [5, 5.41) is 5.65. The first-order valence-corrected chi connectivity index (χ1v) is 5.40. The molecule has 0 aromatic heterocycles. The number of carbonyl (C=O) groups excluding carboxylic acids is 1. The summed E-state index contributed by atoms with van der Waals surface area (Å²) in [5.41, 5.74) is 2.31. The normalized spacial score (nSPS) is 17.6. The van der Waals surface area contributed by atoms with Gasteiger partial charge in [0.1, 0.15) is 5.71 Å². The molecule has 0 bridgehead atoms. The number of likely N-dealkylation sites (N-methyl/N-ethyl adjacent to an activating group) is 1. The van der Waals surface area contributed by atoms with Crippen LogP contribution in [0.1, 0.15) is 5.56 Å². The number of hydrazone groups is 1. The Hall–Kier alpha value is -2.10. The minimum Gasteiger partial charge on any atom is -0.383 e. The molecule has 0 fully saturated rings. The molecule has 1 aliphatic rings. The molecule has 0 atom stereocenters. The van der Waals surface area contributed by atoms with Crippen molar-refractivity contribution in [2.75, 3.05) is 21.1 Å². The van der Waals surface area contributed by atoms with Gasteiger partial charge in [0.05, 0.1) is 5.57 Å². The second kappa shape index (κ2) is 4.41. The molecule has 17 heavy (non-hydrogen) atoms. The van der Waals surface area contributed by atoms with Gasteiger partial charge in [0.15, 0.2) is 0 Å². The summed E-state index contributed by atoms with van der Waals surface area (Å²) in [6, 6.07) is 9.73. The predicted molar refractivity (Wildman–Crippen MR) is 67.5 cm³/mol. The van der Waals surface area contributed by atoms with Crippen molar-refractivity contribution in [2.45, 2.75) is 0 Å². The minimum atomic E-state index is -0.0717. The lowest BCUT2D eigenvalue weighted by molar-refractivity contribution is -0.124. The average Bonchev–Trinajstić information content (AvgIpc) is 2.58. The quantitative estimate of drug-likeness (QED) is 0.717. The molecule has 1 heterocycles. The standard InChI is InChI=1S/C13H15N3O/c1-15(2)9-11-12(14-16(3)13(11)17)10-7-5-4-6-8-10/h4-9H,1-3H3/b11-9-. The largest absolute Gasteiger partial charge is 0.383 e. The van der Waals surface area contributed by atoms with Crippen LogP contribution >= 0.6 is 0 Å². The highest BCUT2D eigenvalue weighted by Crippen LogP contribution is 2.19. The Morgan fingerprint density at radius 1 is 1.24 bits per heavy atom. The van der Waals surface area contributed by atoms with Gasteiger partial charge in [-0.1, -0.05) is 30.3 Å². The molecule has 4 heteroatoms. The third kappa shape index (κ3) is 2.20. The minimum absolute atomic E-state index is 0.0717. The van der Waals surface area contributed by atoms with Crippen LogP contribution in [0.25, 0.3) is 0 Å². The summed E-state index contributed by atoms with van der Waals surface area (Å²) in [6.45, 7) is 0. The SMILES string of the molecule is CN(C)/C=C1\C(=O)N(C)N=C1c1ccccc1. The van der Waals surface area contributed by atoms with Crippen LogP contribution < -0.4 is 0 Å². The smallest absolute Gasteiger partial charge is 0.277 e. The highest BCUT2D eigenvalue weighted by Gasteiger charge is 2.28. The van der Waals surface area contributed by atoms with Crippen LogP contribution in [0.2, 0.25) is 0 Å². The summed E-state index contributed by atoms with van der Waals surface area (Å²) in [7, 11) is 5.45. The zero-order valence-electron chi connectivity index (χ0n) is 10.2. The fraction of sp³-hybridized carbons (Fsp3) is 0.231. The molecule has 0 unspecified atom stereocenters. The van der Waals surface area contributed by atoms with Crippen molar-refractivity contribution in [1.29, 1.82) is 0 Å². The van der Waals surface area contributed by atoms with Crippen molar-refractivity contribution in [3.05, 3.63) is 47.7 Å². The highest BCUT2D eigenvalue weighted by atomic mass is 16.2. The van der Waals surface area contributed by atoms with E-state index in [1.54, 1.807) is 13.2 Å². The first-order valence-electron chi connectivity index (χ1n) is 5.40. The Balaban J connectivity index is 2.45. The number of hydrogen-bond acceptors (Lipinski definition) is 3. The molecule has 0 N–H and O–H groups in total. The molecule has 1 aromatic carbocycles. The number of rotatable bonds is 2. The van der Waals surface area contributed by atoms with Crippen molar-refractivity contribution < 1.29 is 4.79 Å². The van der Waals surface area contributed by atoms with Gasteiger partial charge < -0.3 is 4.90 Å². The van der Waals surface area contributed by atoms with E-state index in [1.807, 2.05) is 49.3 Å². The number of amides is 1. The topological polar surface area (TPSA) is 35.9 Å². The van der Waals surface area contributed by atoms with Crippen LogP contribution in [-0.4, -0.2) is 42.7 Å². The molecule has 0 radical (unpaired) electrons. The Kier molecular flexibility index (Phi) is 2.95. The van der Waals surface area contributed by atoms with E-state index in [1.165, 1.54) is 5.01 Å². The van der Waals surface area contributed by atoms with E-state index in [0.29, 0.717) is 5.57 Å². The Morgan fingerprint density at radius 2 is 1.88 bits per heavy atom. The van der Waals surface area contributed by atoms with Crippen LogP contribution in [0.3, 0.4) is 0 Å². The van der Waals surface area contributed by atoms with Crippen LogP contribution in [0.4, 0.5) is 0 Å². The predicted octanol–water partition coefficient (Wildman–Crippen LogP) is 1.31. The summed E-state index contributed by atoms with van der Waals surface area (Å²) in [4.78, 5) is 13.8. The molecule has 1 amide bonds. The summed E-state index contributed by atoms with van der Waals surface area (Å²) in [5.74, 6) is -0.0717. The number of hydrogen-bond donors (Lipinski definition) is 0. The second-order valence-electron chi connectivity index (χ2n) is 4.15. The van der Waals surface area contributed by atoms with Crippen LogP contribution in [0.15, 0.2) is 47.2 Å². The molecule has 0 spiro atoms. The van der Waals surface area contributed by atoms with Gasteiger partial charge in [0.25, 0.3) is 5.91 Å². The molecular formula is C13H15N3O. The summed E-state index contributed by atoms with van der Waals surface area (Å²) < 4.78 is 0. The second-order valence-corrected chi connectivity index (χ2v) is 4.15. The monoisotopic (exact) mass is 229 g/mol. The summed E-state index contributed by atoms with van der Waals surface area (Å²) in [6.07, 6.45) is 1.80. The lowest BCUT2D eigenvalue weighted by atomic mass is 10.0. The van der Waals surface area contributed by atoms with Crippen molar-refractivity contribution in [3.63, 3.8) is 0 Å². The Labute approximate surface area is 101 Å². The van der Waals surface area contributed by atoms with E-state index in [4.69, 9.17) is 0 Å². The zero-order chi connectivity index (χ0) is 12.4. The fourth-order valence-corrected chi connectivity index (χ4v) is 1.71. The molecule has 88 valence electrons. The van der Waals surface area contributed by atoms with E-state index in [0.717, 1.165) is 11.3 Å². The molecule has 4 nitrogen and oxygen atoms in total. The van der Waals surface area contributed by atoms with E-state index in [-0.39, 0.29) is 5.91 Å². The van der Waals surface area contributed by atoms with Gasteiger partial charge in [-0.3, -0.25) is 4.79 Å². The number of benzene rings is 1. The molecule has 1 aromatic rings. The third-order valence-corrected chi connectivity index (χ3v) is 2.46. The molecular weight excluding hydrogens is 214 g/mol. The average molecular weight is 229 g/mol. The fourth-order valence-electron chi connectivity index (χ4n) is 1.71. The zero-order valence-corrected chi connectivity index (χ0v) is 10.2. The molecule has 2 rings (SSSR count). The van der Waals surface area contributed by atoms with Gasteiger partial charge in [-0.2, -0.15) is 5.10 Å². The van der Waals surface area contributed by atoms with Gasteiger partial charge >= 0.3 is 0 Å². The van der Waals surface area contributed by atoms with E-state index in [2.05, 4.69) is 5.10 Å². The van der Waals surface area contributed by atoms with E-state index in [9.17, 15) is 4.79 Å². The first-order chi connectivity index (χ1) is 8.09. The van der Waals surface area contributed by atoms with Crippen LogP contribution in [-0.2, 0) is 4.79 Å². The maximum Gasteiger partial charge on any atom is 0.277 e. The van der Waals surface area contributed by atoms with Gasteiger partial charge in [0, 0.05) is 32.9 Å². The molecule has 0 aliphatic carbocycles. The van der Waals surface area contributed by atoms with E-state index < -0.39 is 0 Å². The number of nitrogens with zero attached hydrogens (tertiary/aromatic N) is 3. The summed E-state index contributed by atoms with van der Waals surface area (Å²) >= 11 is 0. The molecule has 0 saturated heterocycles. The van der Waals surface area contributed by atoms with Crippen molar-refractivity contribution in [1.82, 2.24) is 9.91 Å². The highest BCUT2D eigenvalue weighted by molar-refractivity contribution is 6.30. The van der Waals surface area contributed by atoms with Crippen molar-refractivity contribution >= 4 is 11.6 Å². The number of carbonyl (C=O) groups is 1. The third-order valence-electron chi connectivity index (χ3n) is 2.46. The first kappa shape index (κ1) is 11.4. The van der Waals surface area contributed by atoms with Gasteiger partial charge in [-0.25, -0.2) is 5.01 Å². The maximum absolute atomic E-state index is 11.9. The van der Waals surface area contributed by atoms with Gasteiger partial charge in [-0.15, -0.1) is 0 Å². The van der Waals surface area contributed by atoms with Crippen LogP contribution in [0, 0.1) is 0 Å². The molecule has 0 saturated carbocycles. The Morgan fingerprint density at radius 3 is 2.47 bits per heavy atom. The van der Waals surface area contributed by atoms with Gasteiger partial charge in [-0.05, 0) is 0 Å². The maximum atomic E-state index is 11.9. The van der Waals surface area contributed by atoms with E-state index >= 15 is 0 Å². The molecule has 1 aliphatic heterocycles. The lowest BCUT2D eigenvalue weighted by Gasteiger charge is -2.08. The van der Waals surface area contributed by atoms with Gasteiger partial charge in [0.2, 0.25) is 0 Å². The van der Waals surface area contributed by atoms with Crippen molar-refractivity contribution in [3.8, 4) is 0 Å². The lowest BCUT2D eigenvalue weighted by Crippen LogP contribution is -2.19. The van der Waals surface area contributed by atoms with Crippen molar-refractivity contribution in [2.24, 2.45) is 5.10 Å².